The molecule has 1 aliphatic rings. The van der Waals surface area contributed by atoms with Gasteiger partial charge in [0.15, 0.2) is 23.1 Å². The van der Waals surface area contributed by atoms with Gasteiger partial charge in [0, 0.05) is 23.3 Å². The predicted octanol–water partition coefficient (Wildman–Crippen LogP) is 9.50. The largest absolute Gasteiger partial charge is 0.454 e. The van der Waals surface area contributed by atoms with Crippen LogP contribution in [0.1, 0.15) is 11.1 Å². The molecular formula is C34H26F2N2O2S2. The molecule has 0 saturated heterocycles. The molecule has 0 amide bonds. The van der Waals surface area contributed by atoms with Crippen molar-refractivity contribution in [1.29, 1.82) is 5.26 Å². The molecule has 4 aromatic rings. The Hall–Kier alpha value is -4.32. The summed E-state index contributed by atoms with van der Waals surface area (Å²) in [5.41, 5.74) is 2.31. The monoisotopic (exact) mass is 596 g/mol. The second-order valence-electron chi connectivity index (χ2n) is 9.36. The molecule has 0 saturated carbocycles. The first-order valence-electron chi connectivity index (χ1n) is 13.1. The van der Waals surface area contributed by atoms with Crippen LogP contribution in [0.5, 0.6) is 23.0 Å². The minimum atomic E-state index is -0.633. The molecule has 5 rings (SSSR count). The Kier molecular flexibility index (Phi) is 9.42. The first-order chi connectivity index (χ1) is 20.5. The third-order valence-electron chi connectivity index (χ3n) is 6.36. The van der Waals surface area contributed by atoms with E-state index in [2.05, 4.69) is 23.7 Å². The first-order valence-corrected chi connectivity index (χ1v) is 15.0. The lowest BCUT2D eigenvalue weighted by Gasteiger charge is -2.36. The number of dihydropyridines is 1. The van der Waals surface area contributed by atoms with Crippen LogP contribution in [-0.2, 0) is 11.5 Å². The molecule has 1 aliphatic heterocycles. The summed E-state index contributed by atoms with van der Waals surface area (Å²) in [5.74, 6) is 1.66. The van der Waals surface area contributed by atoms with Crippen molar-refractivity contribution in [1.82, 2.24) is 0 Å². The molecule has 0 fully saturated rings. The number of rotatable bonds is 11. The quantitative estimate of drug-likeness (QED) is 0.128. The van der Waals surface area contributed by atoms with Crippen molar-refractivity contribution >= 4 is 29.7 Å². The third-order valence-corrected chi connectivity index (χ3v) is 9.64. The van der Waals surface area contributed by atoms with Crippen molar-refractivity contribution in [3.63, 3.8) is 0 Å². The van der Waals surface area contributed by atoms with Crippen molar-refractivity contribution in [2.24, 2.45) is 4.99 Å². The minimum Gasteiger partial charge on any atom is -0.454 e. The molecule has 4 nitrogen and oxygen atoms in total. The summed E-state index contributed by atoms with van der Waals surface area (Å²) in [4.78, 5) is 4.64. The van der Waals surface area contributed by atoms with Gasteiger partial charge in [-0.25, -0.2) is 8.78 Å². The molecule has 0 aliphatic carbocycles. The van der Waals surface area contributed by atoms with Crippen molar-refractivity contribution in [2.45, 2.75) is 21.6 Å². The zero-order chi connectivity index (χ0) is 29.4. The summed E-state index contributed by atoms with van der Waals surface area (Å²) in [6, 6.07) is 29.3. The summed E-state index contributed by atoms with van der Waals surface area (Å²) in [6.45, 7) is 3.99. The number of ether oxygens (including phenoxy) is 2. The van der Waals surface area contributed by atoms with Crippen LogP contribution in [0, 0.1) is 23.0 Å². The highest BCUT2D eigenvalue weighted by atomic mass is 32.2. The van der Waals surface area contributed by atoms with E-state index in [-0.39, 0.29) is 11.5 Å². The van der Waals surface area contributed by atoms with Crippen LogP contribution in [-0.4, -0.2) is 16.3 Å². The number of allylic oxidation sites excluding steroid dienone is 1. The summed E-state index contributed by atoms with van der Waals surface area (Å²) in [7, 11) is 0. The Morgan fingerprint density at radius 2 is 1.33 bits per heavy atom. The zero-order valence-electron chi connectivity index (χ0n) is 22.5. The molecule has 42 heavy (non-hydrogen) atoms. The molecule has 0 N–H and O–H groups in total. The normalized spacial score (nSPS) is 15.1. The Bertz CT molecular complexity index is 1590. The van der Waals surface area contributed by atoms with Crippen LogP contribution in [0.25, 0.3) is 0 Å². The van der Waals surface area contributed by atoms with Crippen LogP contribution >= 0.6 is 23.5 Å². The summed E-state index contributed by atoms with van der Waals surface area (Å²) < 4.78 is 39.2. The Labute approximate surface area is 252 Å². The average molecular weight is 597 g/mol. The molecule has 0 aromatic heterocycles. The highest BCUT2D eigenvalue weighted by Crippen LogP contribution is 2.49. The van der Waals surface area contributed by atoms with E-state index < -0.39 is 21.8 Å². The number of hydrogen-bond acceptors (Lipinski definition) is 6. The van der Waals surface area contributed by atoms with E-state index in [0.29, 0.717) is 28.6 Å². The van der Waals surface area contributed by atoms with E-state index in [0.717, 1.165) is 11.1 Å². The highest BCUT2D eigenvalue weighted by Gasteiger charge is 2.40. The third kappa shape index (κ3) is 7.11. The topological polar surface area (TPSA) is 54.6 Å². The van der Waals surface area contributed by atoms with Crippen LogP contribution in [0.15, 0.2) is 126 Å². The number of nitriles is 1. The Morgan fingerprint density at radius 1 is 0.810 bits per heavy atom. The molecule has 210 valence electrons. The van der Waals surface area contributed by atoms with Crippen LogP contribution in [0.3, 0.4) is 0 Å². The number of halogens is 2. The van der Waals surface area contributed by atoms with Crippen LogP contribution in [0.4, 0.5) is 8.78 Å². The van der Waals surface area contributed by atoms with Gasteiger partial charge in [0.25, 0.3) is 0 Å². The van der Waals surface area contributed by atoms with E-state index in [4.69, 9.17) is 9.47 Å². The summed E-state index contributed by atoms with van der Waals surface area (Å²) in [6.07, 6.45) is 5.64. The van der Waals surface area contributed by atoms with E-state index in [1.807, 2.05) is 42.5 Å². The lowest BCUT2D eigenvalue weighted by molar-refractivity contribution is 0.442. The number of benzene rings is 4. The molecule has 8 heteroatoms. The maximum Gasteiger partial charge on any atom is 0.165 e. The van der Waals surface area contributed by atoms with Gasteiger partial charge >= 0.3 is 0 Å². The van der Waals surface area contributed by atoms with Gasteiger partial charge in [0.1, 0.15) is 21.6 Å². The maximum atomic E-state index is 14.1. The lowest BCUT2D eigenvalue weighted by atomic mass is 10.0. The van der Waals surface area contributed by atoms with E-state index in [1.54, 1.807) is 78.3 Å². The molecule has 1 atom stereocenters. The molecule has 1 heterocycles. The Balaban J connectivity index is 1.34. The van der Waals surface area contributed by atoms with Gasteiger partial charge in [-0.15, -0.1) is 23.5 Å². The zero-order valence-corrected chi connectivity index (χ0v) is 24.1. The van der Waals surface area contributed by atoms with Gasteiger partial charge < -0.3 is 9.47 Å². The minimum absolute atomic E-state index is 0.158. The molecule has 0 bridgehead atoms. The average Bonchev–Trinajstić information content (AvgIpc) is 3.02. The fourth-order valence-corrected chi connectivity index (χ4v) is 7.20. The standard InChI is InChI=1S/C34H26F2N2O2S2/c1-24(21-37)33-34(17-8-18-38-33,41-22-25-9-6-11-27(19-25)39-31-15-4-2-13-29(31)35)42-23-26-10-7-12-28(20-26)40-32-16-5-3-14-30(32)36/h2-20,33H,1,22-23H2. The molecule has 0 spiro atoms. The van der Waals surface area contributed by atoms with Gasteiger partial charge in [0.2, 0.25) is 0 Å². The fraction of sp³-hybridized carbons (Fsp3) is 0.118. The second kappa shape index (κ2) is 13.6. The number of hydrogen-bond donors (Lipinski definition) is 0. The lowest BCUT2D eigenvalue weighted by Crippen LogP contribution is -2.36. The molecule has 0 radical (unpaired) electrons. The molecule has 4 aromatic carbocycles. The highest BCUT2D eigenvalue weighted by molar-refractivity contribution is 8.17. The first kappa shape index (κ1) is 29.2. The van der Waals surface area contributed by atoms with Gasteiger partial charge in [0.05, 0.1) is 6.07 Å². The summed E-state index contributed by atoms with van der Waals surface area (Å²) in [5, 5.41) is 9.73. The van der Waals surface area contributed by atoms with Crippen molar-refractivity contribution in [2.75, 3.05) is 0 Å². The number of nitrogens with zero attached hydrogens (tertiary/aromatic N) is 2. The van der Waals surface area contributed by atoms with Gasteiger partial charge in [-0.2, -0.15) is 5.26 Å². The number of thioether (sulfide) groups is 2. The van der Waals surface area contributed by atoms with E-state index in [9.17, 15) is 14.0 Å². The van der Waals surface area contributed by atoms with Crippen molar-refractivity contribution in [3.05, 3.63) is 144 Å². The van der Waals surface area contributed by atoms with Crippen molar-refractivity contribution in [3.8, 4) is 29.1 Å². The fourth-order valence-electron chi connectivity index (χ4n) is 4.30. The van der Waals surface area contributed by atoms with E-state index >= 15 is 0 Å². The SMILES string of the molecule is C=C(C#N)C1N=CC=CC1(SCc1cccc(Oc2ccccc2F)c1)SCc1cccc(Oc2ccccc2F)c1. The predicted molar refractivity (Wildman–Crippen MR) is 167 cm³/mol. The van der Waals surface area contributed by atoms with E-state index in [1.165, 1.54) is 12.1 Å². The molecular weight excluding hydrogens is 571 g/mol. The number of aliphatic imine (C=N–C) groups is 1. The van der Waals surface area contributed by atoms with Gasteiger partial charge in [-0.1, -0.05) is 61.2 Å². The number of para-hydroxylation sites is 2. The second-order valence-corrected chi connectivity index (χ2v) is 12.1. The van der Waals surface area contributed by atoms with Crippen LogP contribution in [0.2, 0.25) is 0 Å². The van der Waals surface area contributed by atoms with Gasteiger partial charge in [-0.05, 0) is 65.7 Å². The van der Waals surface area contributed by atoms with Crippen LogP contribution < -0.4 is 9.47 Å². The smallest absolute Gasteiger partial charge is 0.165 e. The van der Waals surface area contributed by atoms with Crippen molar-refractivity contribution < 1.29 is 18.3 Å². The van der Waals surface area contributed by atoms with Gasteiger partial charge in [-0.3, -0.25) is 4.99 Å². The Morgan fingerprint density at radius 3 is 1.83 bits per heavy atom. The summed E-state index contributed by atoms with van der Waals surface area (Å²) >= 11 is 3.27. The maximum absolute atomic E-state index is 14.1. The molecule has 1 unspecified atom stereocenters.